The Balaban J connectivity index is 3.12. The maximum Gasteiger partial charge on any atom is 0.223 e. The van der Waals surface area contributed by atoms with E-state index in [-0.39, 0.29) is 11.6 Å². The fourth-order valence-corrected chi connectivity index (χ4v) is 0.896. The van der Waals surface area contributed by atoms with Gasteiger partial charge in [0.05, 0.1) is 5.69 Å². The fourth-order valence-electron chi connectivity index (χ4n) is 0.896. The summed E-state index contributed by atoms with van der Waals surface area (Å²) in [5, 5.41) is 0. The van der Waals surface area contributed by atoms with E-state index >= 15 is 0 Å². The van der Waals surface area contributed by atoms with Gasteiger partial charge in [-0.15, -0.1) is 0 Å². The van der Waals surface area contributed by atoms with Crippen LogP contribution in [0.3, 0.4) is 0 Å². The van der Waals surface area contributed by atoms with Crippen LogP contribution in [0.25, 0.3) is 0 Å². The van der Waals surface area contributed by atoms with E-state index in [0.717, 1.165) is 0 Å². The highest BCUT2D eigenvalue weighted by atomic mass is 19.2. The summed E-state index contributed by atoms with van der Waals surface area (Å²) in [6, 6.07) is 1.32. The van der Waals surface area contributed by atoms with E-state index in [1.54, 1.807) is 0 Å². The summed E-state index contributed by atoms with van der Waals surface area (Å²) in [6.45, 7) is 0. The second-order valence-electron chi connectivity index (χ2n) is 2.73. The number of hydrogen-bond acceptors (Lipinski definition) is 1. The molecule has 0 aliphatic rings. The summed E-state index contributed by atoms with van der Waals surface area (Å²) in [7, 11) is 0. The van der Waals surface area contributed by atoms with Gasteiger partial charge in [-0.2, -0.15) is 4.99 Å². The normalized spacial score (nSPS) is 11.3. The molecule has 0 unspecified atom stereocenters. The minimum atomic E-state index is -1.58. The van der Waals surface area contributed by atoms with Crippen LogP contribution >= 0.6 is 0 Å². The Morgan fingerprint density at radius 2 is 1.50 bits per heavy atom. The molecule has 1 aromatic carbocycles. The molecule has 0 aliphatic carbocycles. The number of aliphatic imine (C=N–C) groups is 2. The number of guanidine groups is 2. The van der Waals surface area contributed by atoms with E-state index in [2.05, 4.69) is 9.98 Å². The molecule has 0 aromatic heterocycles. The van der Waals surface area contributed by atoms with E-state index in [1.807, 2.05) is 0 Å². The van der Waals surface area contributed by atoms with Gasteiger partial charge < -0.3 is 17.2 Å². The molecule has 0 bridgehead atoms. The van der Waals surface area contributed by atoms with Crippen molar-refractivity contribution in [1.82, 2.24) is 0 Å². The van der Waals surface area contributed by atoms with Gasteiger partial charge in [0.15, 0.2) is 23.4 Å². The zero-order chi connectivity index (χ0) is 12.3. The first-order valence-electron chi connectivity index (χ1n) is 3.98. The van der Waals surface area contributed by atoms with Crippen molar-refractivity contribution in [3.63, 3.8) is 0 Å². The highest BCUT2D eigenvalue weighted by molar-refractivity contribution is 5.93. The van der Waals surface area contributed by atoms with Crippen LogP contribution in [0.1, 0.15) is 0 Å². The Morgan fingerprint density at radius 3 is 1.94 bits per heavy atom. The topological polar surface area (TPSA) is 103 Å². The summed E-state index contributed by atoms with van der Waals surface area (Å²) in [5.74, 6) is -5.10. The summed E-state index contributed by atoms with van der Waals surface area (Å²) in [4.78, 5) is 6.78. The van der Waals surface area contributed by atoms with Crippen LogP contribution < -0.4 is 17.2 Å². The molecule has 0 radical (unpaired) electrons. The monoisotopic (exact) mass is 231 g/mol. The van der Waals surface area contributed by atoms with E-state index < -0.39 is 23.4 Å². The first-order valence-corrected chi connectivity index (χ1v) is 3.98. The molecule has 0 amide bonds. The predicted octanol–water partition coefficient (Wildman–Crippen LogP) is 0.324. The van der Waals surface area contributed by atoms with Crippen LogP contribution in [0.5, 0.6) is 0 Å². The standard InChI is InChI=1S/C8H8F3N5/c9-4-1-3(2-5(10)6(4)11)15-8(14)16-7(12)13/h1-2H,(H6,12,13,14,15,16). The van der Waals surface area contributed by atoms with Crippen molar-refractivity contribution in [3.8, 4) is 0 Å². The van der Waals surface area contributed by atoms with Crippen LogP contribution in [0, 0.1) is 17.5 Å². The van der Waals surface area contributed by atoms with Gasteiger partial charge in [0.1, 0.15) is 0 Å². The largest absolute Gasteiger partial charge is 0.370 e. The molecule has 5 nitrogen and oxygen atoms in total. The number of rotatable bonds is 1. The van der Waals surface area contributed by atoms with Crippen LogP contribution in [0.4, 0.5) is 18.9 Å². The lowest BCUT2D eigenvalue weighted by Gasteiger charge is -1.98. The Labute approximate surface area is 88.5 Å². The van der Waals surface area contributed by atoms with Crippen molar-refractivity contribution in [3.05, 3.63) is 29.6 Å². The number of nitrogens with zero attached hydrogens (tertiary/aromatic N) is 2. The van der Waals surface area contributed by atoms with Gasteiger partial charge in [-0.1, -0.05) is 0 Å². The van der Waals surface area contributed by atoms with Gasteiger partial charge in [0.25, 0.3) is 0 Å². The molecule has 6 N–H and O–H groups in total. The molecule has 16 heavy (non-hydrogen) atoms. The molecule has 0 saturated heterocycles. The minimum Gasteiger partial charge on any atom is -0.370 e. The zero-order valence-electron chi connectivity index (χ0n) is 7.92. The molecule has 86 valence electrons. The smallest absolute Gasteiger partial charge is 0.223 e. The van der Waals surface area contributed by atoms with Crippen LogP contribution in [0.15, 0.2) is 22.1 Å². The molecular formula is C8H8F3N5. The number of benzene rings is 1. The summed E-state index contributed by atoms with van der Waals surface area (Å²) in [5.41, 5.74) is 15.0. The van der Waals surface area contributed by atoms with Crippen molar-refractivity contribution in [1.29, 1.82) is 0 Å². The van der Waals surface area contributed by atoms with Crippen molar-refractivity contribution in [2.45, 2.75) is 0 Å². The second kappa shape index (κ2) is 4.51. The van der Waals surface area contributed by atoms with Gasteiger partial charge in [-0.25, -0.2) is 18.2 Å². The lowest BCUT2D eigenvalue weighted by Crippen LogP contribution is -2.26. The van der Waals surface area contributed by atoms with Gasteiger partial charge in [-0.05, 0) is 0 Å². The molecule has 0 fully saturated rings. The first-order chi connectivity index (χ1) is 7.40. The predicted molar refractivity (Wildman–Crippen MR) is 53.4 cm³/mol. The quantitative estimate of drug-likeness (QED) is 0.368. The SMILES string of the molecule is NC(N)=NC(N)=Nc1cc(F)c(F)c(F)c1. The molecule has 0 saturated carbocycles. The lowest BCUT2D eigenvalue weighted by atomic mass is 10.3. The van der Waals surface area contributed by atoms with E-state index in [0.29, 0.717) is 12.1 Å². The van der Waals surface area contributed by atoms with E-state index in [4.69, 9.17) is 17.2 Å². The highest BCUT2D eigenvalue weighted by Gasteiger charge is 2.10. The average Bonchev–Trinajstić information content (AvgIpc) is 2.12. The molecule has 1 rings (SSSR count). The summed E-state index contributed by atoms with van der Waals surface area (Å²) in [6.07, 6.45) is 0. The molecule has 0 atom stereocenters. The number of halogens is 3. The van der Waals surface area contributed by atoms with Crippen molar-refractivity contribution in [2.75, 3.05) is 0 Å². The summed E-state index contributed by atoms with van der Waals surface area (Å²) >= 11 is 0. The van der Waals surface area contributed by atoms with Crippen LogP contribution in [-0.2, 0) is 0 Å². The second-order valence-corrected chi connectivity index (χ2v) is 2.73. The van der Waals surface area contributed by atoms with Crippen molar-refractivity contribution in [2.24, 2.45) is 27.2 Å². The maximum atomic E-state index is 12.7. The van der Waals surface area contributed by atoms with Crippen LogP contribution in [-0.4, -0.2) is 11.9 Å². The van der Waals surface area contributed by atoms with Crippen molar-refractivity contribution < 1.29 is 13.2 Å². The Bertz CT molecular complexity index is 442. The minimum absolute atomic E-state index is 0.237. The molecule has 1 aromatic rings. The van der Waals surface area contributed by atoms with E-state index in [9.17, 15) is 13.2 Å². The van der Waals surface area contributed by atoms with Gasteiger partial charge in [0.2, 0.25) is 5.96 Å². The third kappa shape index (κ3) is 2.87. The third-order valence-electron chi connectivity index (χ3n) is 1.46. The fraction of sp³-hybridized carbons (Fsp3) is 0. The molecule has 0 aliphatic heterocycles. The zero-order valence-corrected chi connectivity index (χ0v) is 7.92. The Morgan fingerprint density at radius 1 is 1.00 bits per heavy atom. The third-order valence-corrected chi connectivity index (χ3v) is 1.46. The Kier molecular flexibility index (Phi) is 3.33. The summed E-state index contributed by atoms with van der Waals surface area (Å²) < 4.78 is 38.0. The number of nitrogens with two attached hydrogens (primary N) is 3. The van der Waals surface area contributed by atoms with Gasteiger partial charge in [0, 0.05) is 12.1 Å². The molecule has 0 heterocycles. The lowest BCUT2D eigenvalue weighted by molar-refractivity contribution is 0.447. The Hall–Kier alpha value is -2.25. The van der Waals surface area contributed by atoms with Gasteiger partial charge >= 0.3 is 0 Å². The maximum absolute atomic E-state index is 12.7. The number of hydrogen-bond donors (Lipinski definition) is 3. The highest BCUT2D eigenvalue weighted by Crippen LogP contribution is 2.19. The van der Waals surface area contributed by atoms with Crippen LogP contribution in [0.2, 0.25) is 0 Å². The van der Waals surface area contributed by atoms with Gasteiger partial charge in [-0.3, -0.25) is 0 Å². The molecular weight excluding hydrogens is 223 g/mol. The first kappa shape index (κ1) is 11.8. The molecule has 8 heteroatoms. The molecule has 0 spiro atoms. The van der Waals surface area contributed by atoms with Crippen molar-refractivity contribution >= 4 is 17.6 Å². The van der Waals surface area contributed by atoms with E-state index in [1.165, 1.54) is 0 Å². The average molecular weight is 231 g/mol.